The van der Waals surface area contributed by atoms with Gasteiger partial charge in [0.2, 0.25) is 0 Å². The summed E-state index contributed by atoms with van der Waals surface area (Å²) < 4.78 is 10.5. The van der Waals surface area contributed by atoms with Crippen LogP contribution in [-0.2, 0) is 14.3 Å². The fraction of sp³-hybridized carbons (Fsp3) is 0.556. The minimum atomic E-state index is -0.293. The third-order valence-corrected chi connectivity index (χ3v) is 3.98. The summed E-state index contributed by atoms with van der Waals surface area (Å²) in [6, 6.07) is 9.40. The highest BCUT2D eigenvalue weighted by atomic mass is 16.5. The predicted octanol–water partition coefficient (Wildman–Crippen LogP) is 2.70. The molecule has 2 rings (SSSR count). The van der Waals surface area contributed by atoms with Gasteiger partial charge in [-0.05, 0) is 30.9 Å². The van der Waals surface area contributed by atoms with Gasteiger partial charge < -0.3 is 14.8 Å². The smallest absolute Gasteiger partial charge is 0.306 e. The minimum Gasteiger partial charge on any atom is -0.492 e. The number of carbonyl (C=O) groups is 2. The molecule has 1 aliphatic rings. The average molecular weight is 319 g/mol. The summed E-state index contributed by atoms with van der Waals surface area (Å²) in [6.45, 7) is 0.552. The van der Waals surface area contributed by atoms with E-state index in [2.05, 4.69) is 5.32 Å². The number of hydrogen-bond donors (Lipinski definition) is 1. The quantitative estimate of drug-likeness (QED) is 0.591. The lowest BCUT2D eigenvalue weighted by atomic mass is 9.87. The second-order valence-corrected chi connectivity index (χ2v) is 5.88. The molecule has 5 nitrogen and oxygen atoms in total. The Morgan fingerprint density at radius 2 is 1.83 bits per heavy atom. The predicted molar refractivity (Wildman–Crippen MR) is 87.1 cm³/mol. The topological polar surface area (TPSA) is 64.6 Å². The van der Waals surface area contributed by atoms with E-state index in [0.717, 1.165) is 18.6 Å². The lowest BCUT2D eigenvalue weighted by molar-refractivity contribution is -0.149. The Morgan fingerprint density at radius 1 is 1.09 bits per heavy atom. The van der Waals surface area contributed by atoms with Crippen molar-refractivity contribution in [3.63, 3.8) is 0 Å². The molecule has 1 aromatic carbocycles. The van der Waals surface area contributed by atoms with Crippen LogP contribution in [0, 0.1) is 5.92 Å². The molecule has 126 valence electrons. The average Bonchev–Trinajstić information content (AvgIpc) is 2.59. The molecule has 1 saturated carbocycles. The van der Waals surface area contributed by atoms with E-state index in [1.165, 1.54) is 19.3 Å². The van der Waals surface area contributed by atoms with Crippen LogP contribution >= 0.6 is 0 Å². The standard InChI is InChI=1S/C18H25NO4/c20-17(19-11-12-22-16-9-5-2-6-10-16)14-23-18(21)13-15-7-3-1-4-8-15/h2,5-6,9-10,15H,1,3-4,7-8,11-14H2,(H,19,20). The molecule has 5 heteroatoms. The molecule has 0 spiro atoms. The zero-order valence-corrected chi connectivity index (χ0v) is 13.5. The molecule has 1 amide bonds. The number of ether oxygens (including phenoxy) is 2. The number of hydrogen-bond acceptors (Lipinski definition) is 4. The number of para-hydroxylation sites is 1. The molecule has 23 heavy (non-hydrogen) atoms. The first-order valence-electron chi connectivity index (χ1n) is 8.34. The van der Waals surface area contributed by atoms with Crippen LogP contribution < -0.4 is 10.1 Å². The molecule has 0 unspecified atom stereocenters. The van der Waals surface area contributed by atoms with Crippen molar-refractivity contribution in [1.82, 2.24) is 5.32 Å². The molecular weight excluding hydrogens is 294 g/mol. The molecular formula is C18H25NO4. The van der Waals surface area contributed by atoms with Crippen molar-refractivity contribution < 1.29 is 19.1 Å². The molecule has 0 aromatic heterocycles. The largest absolute Gasteiger partial charge is 0.492 e. The van der Waals surface area contributed by atoms with Crippen LogP contribution in [0.25, 0.3) is 0 Å². The van der Waals surface area contributed by atoms with Gasteiger partial charge in [0.15, 0.2) is 6.61 Å². The van der Waals surface area contributed by atoms with E-state index < -0.39 is 0 Å². The highest BCUT2D eigenvalue weighted by Crippen LogP contribution is 2.26. The van der Waals surface area contributed by atoms with Gasteiger partial charge in [0.25, 0.3) is 5.91 Å². The normalized spacial score (nSPS) is 15.0. The minimum absolute atomic E-state index is 0.211. The van der Waals surface area contributed by atoms with Crippen molar-refractivity contribution in [1.29, 1.82) is 0 Å². The van der Waals surface area contributed by atoms with Gasteiger partial charge in [-0.2, -0.15) is 0 Å². The van der Waals surface area contributed by atoms with Crippen LogP contribution in [0.5, 0.6) is 5.75 Å². The molecule has 1 aromatic rings. The van der Waals surface area contributed by atoms with Crippen LogP contribution in [0.15, 0.2) is 30.3 Å². The molecule has 0 bridgehead atoms. The van der Waals surface area contributed by atoms with Crippen molar-refractivity contribution in [3.05, 3.63) is 30.3 Å². The van der Waals surface area contributed by atoms with Gasteiger partial charge in [-0.15, -0.1) is 0 Å². The van der Waals surface area contributed by atoms with Gasteiger partial charge >= 0.3 is 5.97 Å². The van der Waals surface area contributed by atoms with Crippen molar-refractivity contribution in [2.24, 2.45) is 5.92 Å². The summed E-state index contributed by atoms with van der Waals surface area (Å²) in [5.74, 6) is 0.630. The molecule has 0 aliphatic heterocycles. The summed E-state index contributed by atoms with van der Waals surface area (Å²) in [7, 11) is 0. The van der Waals surface area contributed by atoms with Gasteiger partial charge in [0, 0.05) is 6.42 Å². The van der Waals surface area contributed by atoms with Crippen molar-refractivity contribution in [2.75, 3.05) is 19.8 Å². The van der Waals surface area contributed by atoms with Crippen molar-refractivity contribution in [3.8, 4) is 5.75 Å². The Morgan fingerprint density at radius 3 is 2.57 bits per heavy atom. The molecule has 0 heterocycles. The summed E-state index contributed by atoms with van der Waals surface area (Å²) in [5, 5.41) is 2.67. The fourth-order valence-corrected chi connectivity index (χ4v) is 2.76. The second kappa shape index (κ2) is 9.87. The first kappa shape index (κ1) is 17.3. The van der Waals surface area contributed by atoms with Crippen LogP contribution in [0.1, 0.15) is 38.5 Å². The van der Waals surface area contributed by atoms with Crippen molar-refractivity contribution >= 4 is 11.9 Å². The number of esters is 1. The van der Waals surface area contributed by atoms with Crippen LogP contribution in [0.3, 0.4) is 0 Å². The van der Waals surface area contributed by atoms with Gasteiger partial charge in [0.05, 0.1) is 6.54 Å². The maximum atomic E-state index is 11.7. The lowest BCUT2D eigenvalue weighted by Crippen LogP contribution is -2.32. The third kappa shape index (κ3) is 7.17. The Kier molecular flexibility index (Phi) is 7.43. The summed E-state index contributed by atoms with van der Waals surface area (Å²) in [6.07, 6.45) is 6.28. The summed E-state index contributed by atoms with van der Waals surface area (Å²) in [5.41, 5.74) is 0. The third-order valence-electron chi connectivity index (χ3n) is 3.98. The SMILES string of the molecule is O=C(COC(=O)CC1CCCCC1)NCCOc1ccccc1. The van der Waals surface area contributed by atoms with Gasteiger partial charge in [-0.3, -0.25) is 9.59 Å². The highest BCUT2D eigenvalue weighted by molar-refractivity contribution is 5.80. The van der Waals surface area contributed by atoms with E-state index in [1.807, 2.05) is 30.3 Å². The van der Waals surface area contributed by atoms with Crippen LogP contribution in [0.2, 0.25) is 0 Å². The number of amides is 1. The van der Waals surface area contributed by atoms with E-state index >= 15 is 0 Å². The maximum Gasteiger partial charge on any atom is 0.306 e. The fourth-order valence-electron chi connectivity index (χ4n) is 2.76. The van der Waals surface area contributed by atoms with E-state index in [-0.39, 0.29) is 18.5 Å². The molecule has 1 fully saturated rings. The Balaban J connectivity index is 1.51. The molecule has 1 N–H and O–H groups in total. The first-order valence-corrected chi connectivity index (χ1v) is 8.34. The Bertz CT molecular complexity index is 483. The zero-order valence-electron chi connectivity index (χ0n) is 13.5. The molecule has 0 radical (unpaired) electrons. The monoisotopic (exact) mass is 319 g/mol. The van der Waals surface area contributed by atoms with Gasteiger partial charge in [0.1, 0.15) is 12.4 Å². The number of nitrogens with one attached hydrogen (secondary N) is 1. The van der Waals surface area contributed by atoms with E-state index in [9.17, 15) is 9.59 Å². The van der Waals surface area contributed by atoms with E-state index in [0.29, 0.717) is 25.5 Å². The van der Waals surface area contributed by atoms with Crippen LogP contribution in [-0.4, -0.2) is 31.6 Å². The number of rotatable bonds is 8. The highest BCUT2D eigenvalue weighted by Gasteiger charge is 2.18. The molecule has 0 saturated heterocycles. The van der Waals surface area contributed by atoms with Gasteiger partial charge in [-0.1, -0.05) is 37.5 Å². The van der Waals surface area contributed by atoms with Gasteiger partial charge in [-0.25, -0.2) is 0 Å². The van der Waals surface area contributed by atoms with Crippen molar-refractivity contribution in [2.45, 2.75) is 38.5 Å². The second-order valence-electron chi connectivity index (χ2n) is 5.88. The van der Waals surface area contributed by atoms with E-state index in [4.69, 9.17) is 9.47 Å². The summed E-state index contributed by atoms with van der Waals surface area (Å²) in [4.78, 5) is 23.3. The number of benzene rings is 1. The van der Waals surface area contributed by atoms with Crippen LogP contribution in [0.4, 0.5) is 0 Å². The maximum absolute atomic E-state index is 11.7. The number of carbonyl (C=O) groups excluding carboxylic acids is 2. The Labute approximate surface area is 137 Å². The molecule has 1 aliphatic carbocycles. The Hall–Kier alpha value is -2.04. The lowest BCUT2D eigenvalue weighted by Gasteiger charge is -2.20. The first-order chi connectivity index (χ1) is 11.2. The zero-order chi connectivity index (χ0) is 16.3. The van der Waals surface area contributed by atoms with E-state index in [1.54, 1.807) is 0 Å². The molecule has 0 atom stereocenters. The summed E-state index contributed by atoms with van der Waals surface area (Å²) >= 11 is 0.